The van der Waals surface area contributed by atoms with Gasteiger partial charge >= 0.3 is 23.9 Å². The quantitative estimate of drug-likeness (QED) is 0.149. The number of benzene rings is 2. The van der Waals surface area contributed by atoms with Crippen LogP contribution >= 0.6 is 23.5 Å². The Kier molecular flexibility index (Phi) is 13.2. The second kappa shape index (κ2) is 16.4. The van der Waals surface area contributed by atoms with Crippen LogP contribution in [0, 0.1) is 23.7 Å². The van der Waals surface area contributed by atoms with Crippen molar-refractivity contribution in [2.75, 3.05) is 0 Å². The van der Waals surface area contributed by atoms with Crippen molar-refractivity contribution < 1.29 is 44.3 Å². The third-order valence-corrected chi connectivity index (χ3v) is 13.6. The fourth-order valence-electron chi connectivity index (χ4n) is 7.86. The van der Waals surface area contributed by atoms with Crippen LogP contribution in [-0.2, 0) is 45.6 Å². The van der Waals surface area contributed by atoms with E-state index in [9.17, 15) is 39.6 Å². The summed E-state index contributed by atoms with van der Waals surface area (Å²) in [5.74, 6) is -7.79. The highest BCUT2D eigenvalue weighted by molar-refractivity contribution is 8.00. The SMILES string of the molecule is CC(C)(C)c1cc(SC2CCC(C(=O)OC(=O)C3CCC(Sc4cc(C(C)(C)C)c(O)c(C(C)(C)C)c4)CC3C(=O)O)C(C(=O)O)C2)cc(C(C)(C)C)c1O. The van der Waals surface area contributed by atoms with Gasteiger partial charge in [-0.25, -0.2) is 0 Å². The van der Waals surface area contributed by atoms with Crippen LogP contribution < -0.4 is 0 Å². The predicted octanol–water partition coefficient (Wildman–Crippen LogP) is 9.98. The second-order valence-corrected chi connectivity index (χ2v) is 22.4. The summed E-state index contributed by atoms with van der Waals surface area (Å²) in [7, 11) is 0. The van der Waals surface area contributed by atoms with E-state index in [1.165, 1.54) is 0 Å². The minimum Gasteiger partial charge on any atom is -0.507 e. The molecular formula is C44H62O9S2. The molecule has 55 heavy (non-hydrogen) atoms. The summed E-state index contributed by atoms with van der Waals surface area (Å²) in [6.45, 7) is 24.4. The Bertz CT molecular complexity index is 1590. The number of aromatic hydroxyl groups is 2. The standard InChI is InChI=1S/C44H62O9S2/c1-41(2,3)31-19-25(20-32(35(31)45)42(4,5)6)54-23-13-15-27(29(17-23)37(47)48)39(51)53-40(52)28-16-14-24(18-30(28)38(49)50)55-26-21-33(43(7,8)9)36(46)34(22-26)44(10,11)12/h19-24,27-30,45-46H,13-18H2,1-12H3,(H,47,48)(H,49,50). The van der Waals surface area contributed by atoms with Gasteiger partial charge in [0.05, 0.1) is 23.7 Å². The van der Waals surface area contributed by atoms with Crippen molar-refractivity contribution in [2.45, 2.75) is 164 Å². The number of aliphatic carboxylic acids is 2. The zero-order chi connectivity index (χ0) is 41.6. The lowest BCUT2D eigenvalue weighted by molar-refractivity contribution is -0.174. The Labute approximate surface area is 335 Å². The molecule has 2 aromatic rings. The third-order valence-electron chi connectivity index (χ3n) is 11.0. The summed E-state index contributed by atoms with van der Waals surface area (Å²) < 4.78 is 5.36. The molecule has 2 saturated carbocycles. The van der Waals surface area contributed by atoms with Crippen LogP contribution in [0.25, 0.3) is 0 Å². The number of carbonyl (C=O) groups excluding carboxylic acids is 2. The summed E-state index contributed by atoms with van der Waals surface area (Å²) in [6, 6.07) is 7.86. The number of phenols is 2. The van der Waals surface area contributed by atoms with Crippen LogP contribution in [0.3, 0.4) is 0 Å². The molecule has 0 aliphatic heterocycles. The lowest BCUT2D eigenvalue weighted by Gasteiger charge is -2.34. The van der Waals surface area contributed by atoms with Crippen LogP contribution in [0.4, 0.5) is 0 Å². The lowest BCUT2D eigenvalue weighted by Crippen LogP contribution is -2.41. The molecule has 2 fully saturated rings. The molecule has 0 radical (unpaired) electrons. The number of carboxylic acids is 2. The maximum absolute atomic E-state index is 13.5. The Morgan fingerprint density at radius 1 is 0.509 bits per heavy atom. The van der Waals surface area contributed by atoms with E-state index >= 15 is 0 Å². The van der Waals surface area contributed by atoms with Gasteiger partial charge in [0, 0.05) is 42.5 Å². The number of carbonyl (C=O) groups is 4. The van der Waals surface area contributed by atoms with Crippen molar-refractivity contribution in [3.63, 3.8) is 0 Å². The van der Waals surface area contributed by atoms with Gasteiger partial charge in [-0.05, 0) is 84.5 Å². The molecule has 304 valence electrons. The Hall–Kier alpha value is -3.18. The van der Waals surface area contributed by atoms with E-state index in [0.29, 0.717) is 12.8 Å². The molecule has 2 aromatic carbocycles. The van der Waals surface area contributed by atoms with Gasteiger partial charge in [0.2, 0.25) is 0 Å². The van der Waals surface area contributed by atoms with Gasteiger partial charge in [0.15, 0.2) is 0 Å². The Balaban J connectivity index is 1.46. The summed E-state index contributed by atoms with van der Waals surface area (Å²) in [4.78, 5) is 53.9. The van der Waals surface area contributed by atoms with E-state index in [1.807, 2.05) is 107 Å². The molecule has 0 aromatic heterocycles. The minimum absolute atomic E-state index is 0.122. The van der Waals surface area contributed by atoms with Gasteiger partial charge in [-0.1, -0.05) is 83.1 Å². The molecule has 9 nitrogen and oxygen atoms in total. The van der Waals surface area contributed by atoms with Crippen LogP contribution in [0.5, 0.6) is 11.5 Å². The zero-order valence-corrected chi connectivity index (χ0v) is 36.3. The second-order valence-electron chi connectivity index (χ2n) is 19.7. The number of ether oxygens (including phenoxy) is 1. The van der Waals surface area contributed by atoms with E-state index in [2.05, 4.69) is 0 Å². The highest BCUT2D eigenvalue weighted by Gasteiger charge is 2.45. The van der Waals surface area contributed by atoms with Gasteiger partial charge < -0.3 is 25.2 Å². The van der Waals surface area contributed by atoms with Gasteiger partial charge in [-0.2, -0.15) is 0 Å². The maximum atomic E-state index is 13.5. The van der Waals surface area contributed by atoms with Crippen molar-refractivity contribution in [1.82, 2.24) is 0 Å². The number of carboxylic acid groups (broad SMARTS) is 2. The van der Waals surface area contributed by atoms with Gasteiger partial charge in [-0.3, -0.25) is 19.2 Å². The first-order valence-corrected chi connectivity index (χ1v) is 21.2. The Morgan fingerprint density at radius 3 is 1.02 bits per heavy atom. The van der Waals surface area contributed by atoms with Crippen LogP contribution in [-0.4, -0.2) is 54.8 Å². The predicted molar refractivity (Wildman–Crippen MR) is 218 cm³/mol. The van der Waals surface area contributed by atoms with Gasteiger partial charge in [0.1, 0.15) is 11.5 Å². The molecule has 11 heteroatoms. The Morgan fingerprint density at radius 2 is 0.782 bits per heavy atom. The fourth-order valence-corrected chi connectivity index (χ4v) is 10.5. The van der Waals surface area contributed by atoms with E-state index in [0.717, 1.165) is 32.0 Å². The number of hydrogen-bond acceptors (Lipinski definition) is 9. The molecule has 2 aliphatic rings. The van der Waals surface area contributed by atoms with Gasteiger partial charge in [0.25, 0.3) is 0 Å². The molecular weight excluding hydrogens is 737 g/mol. The molecule has 0 saturated heterocycles. The highest BCUT2D eigenvalue weighted by atomic mass is 32.2. The average Bonchev–Trinajstić information content (AvgIpc) is 3.03. The van der Waals surface area contributed by atoms with Crippen LogP contribution in [0.1, 0.15) is 144 Å². The normalized spacial score (nSPS) is 23.9. The molecule has 0 amide bonds. The minimum atomic E-state index is -1.14. The number of rotatable bonds is 8. The van der Waals surface area contributed by atoms with E-state index in [1.54, 1.807) is 23.5 Å². The zero-order valence-electron chi connectivity index (χ0n) is 34.7. The number of esters is 2. The fraction of sp³-hybridized carbons (Fsp3) is 0.636. The van der Waals surface area contributed by atoms with Crippen molar-refractivity contribution in [1.29, 1.82) is 0 Å². The summed E-state index contributed by atoms with van der Waals surface area (Å²) in [5.41, 5.74) is 1.94. The van der Waals surface area contributed by atoms with Crippen molar-refractivity contribution in [3.8, 4) is 11.5 Å². The molecule has 0 heterocycles. The molecule has 4 N–H and O–H groups in total. The van der Waals surface area contributed by atoms with Crippen molar-refractivity contribution in [3.05, 3.63) is 46.5 Å². The molecule has 6 unspecified atom stereocenters. The van der Waals surface area contributed by atoms with E-state index < -0.39 is 47.5 Å². The molecule has 2 aliphatic carbocycles. The van der Waals surface area contributed by atoms with Gasteiger partial charge in [-0.15, -0.1) is 23.5 Å². The lowest BCUT2D eigenvalue weighted by atomic mass is 9.78. The average molecular weight is 799 g/mol. The topological polar surface area (TPSA) is 158 Å². The third kappa shape index (κ3) is 10.6. The number of hydrogen-bond donors (Lipinski definition) is 4. The summed E-state index contributed by atoms with van der Waals surface area (Å²) >= 11 is 3.08. The smallest absolute Gasteiger partial charge is 0.317 e. The largest absolute Gasteiger partial charge is 0.507 e. The monoisotopic (exact) mass is 798 g/mol. The van der Waals surface area contributed by atoms with Crippen LogP contribution in [0.2, 0.25) is 0 Å². The molecule has 4 rings (SSSR count). The molecule has 6 atom stereocenters. The number of thioether (sulfide) groups is 2. The number of phenolic OH excluding ortho intramolecular Hbond substituents is 2. The first-order valence-electron chi connectivity index (χ1n) is 19.4. The first-order chi connectivity index (χ1) is 25.1. The molecule has 0 bridgehead atoms. The molecule has 0 spiro atoms. The van der Waals surface area contributed by atoms with Crippen molar-refractivity contribution >= 4 is 47.4 Å². The van der Waals surface area contributed by atoms with E-state index in [4.69, 9.17) is 4.74 Å². The highest BCUT2D eigenvalue weighted by Crippen LogP contribution is 2.48. The first kappa shape index (κ1) is 44.5. The maximum Gasteiger partial charge on any atom is 0.317 e. The van der Waals surface area contributed by atoms with E-state index in [-0.39, 0.29) is 69.3 Å². The van der Waals surface area contributed by atoms with Crippen LogP contribution in [0.15, 0.2) is 34.1 Å². The summed E-state index contributed by atoms with van der Waals surface area (Å²) in [6.07, 6.45) is 1.84. The van der Waals surface area contributed by atoms with Crippen molar-refractivity contribution in [2.24, 2.45) is 23.7 Å². The summed E-state index contributed by atoms with van der Waals surface area (Å²) in [5, 5.41) is 42.5.